The van der Waals surface area contributed by atoms with Crippen LogP contribution in [0.4, 0.5) is 4.39 Å². The Morgan fingerprint density at radius 3 is 3.07 bits per heavy atom. The van der Waals surface area contributed by atoms with Gasteiger partial charge in [-0.15, -0.1) is 0 Å². The maximum atomic E-state index is 14.0. The van der Waals surface area contributed by atoms with E-state index in [9.17, 15) is 4.39 Å². The molecule has 1 fully saturated rings. The Kier molecular flexibility index (Phi) is 2.82. The van der Waals surface area contributed by atoms with Gasteiger partial charge in [-0.25, -0.2) is 9.37 Å². The number of piperidine rings is 1. The third-order valence-electron chi connectivity index (χ3n) is 2.81. The average molecular weight is 197 g/mol. The second-order valence-corrected chi connectivity index (χ2v) is 3.85. The number of alkyl halides is 1. The van der Waals surface area contributed by atoms with Gasteiger partial charge in [-0.3, -0.25) is 0 Å². The van der Waals surface area contributed by atoms with Crippen molar-refractivity contribution in [2.45, 2.75) is 31.5 Å². The molecule has 0 amide bonds. The lowest BCUT2D eigenvalue weighted by molar-refractivity contribution is 0.208. The molecule has 14 heavy (non-hydrogen) atoms. The van der Waals surface area contributed by atoms with E-state index in [4.69, 9.17) is 0 Å². The van der Waals surface area contributed by atoms with Crippen molar-refractivity contribution in [3.05, 3.63) is 18.2 Å². The van der Waals surface area contributed by atoms with Gasteiger partial charge >= 0.3 is 0 Å². The van der Waals surface area contributed by atoms with Gasteiger partial charge in [0.1, 0.15) is 5.82 Å². The molecule has 1 aromatic rings. The zero-order chi connectivity index (χ0) is 9.97. The highest BCUT2D eigenvalue weighted by molar-refractivity contribution is 5.00. The molecule has 78 valence electrons. The van der Waals surface area contributed by atoms with E-state index in [0.29, 0.717) is 5.82 Å². The molecule has 0 spiro atoms. The summed E-state index contributed by atoms with van der Waals surface area (Å²) in [6.07, 6.45) is 5.63. The molecule has 4 heteroatoms. The summed E-state index contributed by atoms with van der Waals surface area (Å²) in [6.45, 7) is 0.926. The average Bonchev–Trinajstić information content (AvgIpc) is 2.65. The molecule has 0 saturated carbocycles. The maximum Gasteiger partial charge on any atom is 0.173 e. The number of imidazole rings is 1. The van der Waals surface area contributed by atoms with Gasteiger partial charge in [-0.1, -0.05) is 6.42 Å². The normalized spacial score (nSPS) is 24.9. The van der Waals surface area contributed by atoms with E-state index in [1.165, 1.54) is 0 Å². The Morgan fingerprint density at radius 1 is 1.64 bits per heavy atom. The Labute approximate surface area is 83.3 Å². The van der Waals surface area contributed by atoms with Crippen molar-refractivity contribution in [1.82, 2.24) is 14.9 Å². The fourth-order valence-electron chi connectivity index (χ4n) is 1.95. The molecule has 0 bridgehead atoms. The molecular formula is C10H16FN3. The Bertz CT molecular complexity index is 291. The lowest BCUT2D eigenvalue weighted by atomic mass is 10.0. The minimum atomic E-state index is -0.977. The Hall–Kier alpha value is -0.900. The number of aryl methyl sites for hydroxylation is 1. The number of rotatable bonds is 2. The van der Waals surface area contributed by atoms with E-state index in [1.54, 1.807) is 17.0 Å². The van der Waals surface area contributed by atoms with Gasteiger partial charge in [0.2, 0.25) is 0 Å². The summed E-state index contributed by atoms with van der Waals surface area (Å²) in [5, 5.41) is 3.21. The highest BCUT2D eigenvalue weighted by Crippen LogP contribution is 2.24. The lowest BCUT2D eigenvalue weighted by Gasteiger charge is -2.26. The first kappa shape index (κ1) is 9.65. The first-order chi connectivity index (χ1) is 6.79. The van der Waals surface area contributed by atoms with Crippen molar-refractivity contribution in [3.8, 4) is 0 Å². The van der Waals surface area contributed by atoms with Crippen LogP contribution in [0.25, 0.3) is 0 Å². The van der Waals surface area contributed by atoms with E-state index in [0.717, 1.165) is 25.8 Å². The molecule has 0 radical (unpaired) electrons. The number of halogens is 1. The molecule has 0 aliphatic carbocycles. The summed E-state index contributed by atoms with van der Waals surface area (Å²) in [5.74, 6) is 0.532. The van der Waals surface area contributed by atoms with E-state index in [2.05, 4.69) is 10.3 Å². The van der Waals surface area contributed by atoms with E-state index in [-0.39, 0.29) is 6.04 Å². The van der Waals surface area contributed by atoms with Gasteiger partial charge in [0.15, 0.2) is 6.17 Å². The summed E-state index contributed by atoms with van der Waals surface area (Å²) in [7, 11) is 1.83. The lowest BCUT2D eigenvalue weighted by Crippen LogP contribution is -2.38. The summed E-state index contributed by atoms with van der Waals surface area (Å²) in [6, 6.07) is -0.0511. The minimum Gasteiger partial charge on any atom is -0.336 e. The van der Waals surface area contributed by atoms with Gasteiger partial charge in [-0.2, -0.15) is 0 Å². The molecule has 1 saturated heterocycles. The molecule has 2 unspecified atom stereocenters. The maximum absolute atomic E-state index is 14.0. The van der Waals surface area contributed by atoms with Crippen molar-refractivity contribution in [1.29, 1.82) is 0 Å². The predicted molar refractivity (Wildman–Crippen MR) is 52.7 cm³/mol. The van der Waals surface area contributed by atoms with Crippen molar-refractivity contribution < 1.29 is 4.39 Å². The van der Waals surface area contributed by atoms with Gasteiger partial charge in [0.25, 0.3) is 0 Å². The summed E-state index contributed by atoms with van der Waals surface area (Å²) >= 11 is 0. The van der Waals surface area contributed by atoms with Crippen LogP contribution in [0.2, 0.25) is 0 Å². The van der Waals surface area contributed by atoms with Crippen LogP contribution >= 0.6 is 0 Å². The predicted octanol–water partition coefficient (Wildman–Crippen LogP) is 1.57. The van der Waals surface area contributed by atoms with Gasteiger partial charge in [0.05, 0.1) is 0 Å². The van der Waals surface area contributed by atoms with E-state index < -0.39 is 6.17 Å². The van der Waals surface area contributed by atoms with Crippen LogP contribution in [0.1, 0.15) is 31.3 Å². The van der Waals surface area contributed by atoms with Gasteiger partial charge in [0, 0.05) is 25.5 Å². The molecule has 2 heterocycles. The van der Waals surface area contributed by atoms with Gasteiger partial charge < -0.3 is 9.88 Å². The summed E-state index contributed by atoms with van der Waals surface area (Å²) in [5.41, 5.74) is 0. The SMILES string of the molecule is Cn1ccnc1C(F)C1CCCCN1. The van der Waals surface area contributed by atoms with Crippen LogP contribution in [0, 0.1) is 0 Å². The summed E-state index contributed by atoms with van der Waals surface area (Å²) < 4.78 is 15.7. The van der Waals surface area contributed by atoms with Crippen molar-refractivity contribution in [2.24, 2.45) is 7.05 Å². The second-order valence-electron chi connectivity index (χ2n) is 3.85. The zero-order valence-corrected chi connectivity index (χ0v) is 8.41. The smallest absolute Gasteiger partial charge is 0.173 e. The van der Waals surface area contributed by atoms with Crippen LogP contribution in [0.15, 0.2) is 12.4 Å². The van der Waals surface area contributed by atoms with Crippen LogP contribution in [0.5, 0.6) is 0 Å². The van der Waals surface area contributed by atoms with Crippen LogP contribution in [-0.2, 0) is 7.05 Å². The Morgan fingerprint density at radius 2 is 2.50 bits per heavy atom. The number of hydrogen-bond acceptors (Lipinski definition) is 2. The second kappa shape index (κ2) is 4.09. The largest absolute Gasteiger partial charge is 0.336 e. The molecule has 2 rings (SSSR count). The number of hydrogen-bond donors (Lipinski definition) is 1. The quantitative estimate of drug-likeness (QED) is 0.780. The van der Waals surface area contributed by atoms with Crippen molar-refractivity contribution in [2.75, 3.05) is 6.54 Å². The number of nitrogens with zero attached hydrogens (tertiary/aromatic N) is 2. The fourth-order valence-corrected chi connectivity index (χ4v) is 1.95. The highest BCUT2D eigenvalue weighted by Gasteiger charge is 2.26. The monoisotopic (exact) mass is 197 g/mol. The van der Waals surface area contributed by atoms with Crippen LogP contribution in [0.3, 0.4) is 0 Å². The Balaban J connectivity index is 2.07. The van der Waals surface area contributed by atoms with Crippen LogP contribution < -0.4 is 5.32 Å². The van der Waals surface area contributed by atoms with Crippen molar-refractivity contribution in [3.63, 3.8) is 0 Å². The molecule has 3 nitrogen and oxygen atoms in total. The zero-order valence-electron chi connectivity index (χ0n) is 8.41. The molecule has 0 aromatic carbocycles. The van der Waals surface area contributed by atoms with Crippen LogP contribution in [-0.4, -0.2) is 22.1 Å². The van der Waals surface area contributed by atoms with Gasteiger partial charge in [-0.05, 0) is 19.4 Å². The first-order valence-corrected chi connectivity index (χ1v) is 5.13. The molecule has 1 aromatic heterocycles. The highest BCUT2D eigenvalue weighted by atomic mass is 19.1. The van der Waals surface area contributed by atoms with E-state index in [1.807, 2.05) is 7.05 Å². The third-order valence-corrected chi connectivity index (χ3v) is 2.81. The standard InChI is InChI=1S/C10H16FN3/c1-14-7-6-13-10(14)9(11)8-4-2-3-5-12-8/h6-9,12H,2-5H2,1H3. The molecular weight excluding hydrogens is 181 g/mol. The fraction of sp³-hybridized carbons (Fsp3) is 0.700. The molecule has 1 N–H and O–H groups in total. The molecule has 2 atom stereocenters. The third kappa shape index (κ3) is 1.80. The summed E-state index contributed by atoms with van der Waals surface area (Å²) in [4.78, 5) is 4.04. The minimum absolute atomic E-state index is 0.0511. The van der Waals surface area contributed by atoms with Crippen molar-refractivity contribution >= 4 is 0 Å². The number of nitrogens with one attached hydrogen (secondary N) is 1. The first-order valence-electron chi connectivity index (χ1n) is 5.13. The molecule has 1 aliphatic heterocycles. The topological polar surface area (TPSA) is 29.9 Å². The molecule has 1 aliphatic rings. The number of aromatic nitrogens is 2. The van der Waals surface area contributed by atoms with E-state index >= 15 is 0 Å².